The van der Waals surface area contributed by atoms with Crippen molar-refractivity contribution in [3.63, 3.8) is 0 Å². The topological polar surface area (TPSA) is 49.0 Å². The van der Waals surface area contributed by atoms with E-state index >= 15 is 0 Å². The molecule has 3 rings (SSSR count). The van der Waals surface area contributed by atoms with Crippen LogP contribution < -0.4 is 0 Å². The van der Waals surface area contributed by atoms with E-state index < -0.39 is 0 Å². The number of piperidine rings is 1. The van der Waals surface area contributed by atoms with Crippen LogP contribution in [-0.2, 0) is 0 Å². The Labute approximate surface area is 118 Å². The summed E-state index contributed by atoms with van der Waals surface area (Å²) >= 11 is 0. The molecule has 1 fully saturated rings. The average Bonchev–Trinajstić information content (AvgIpc) is 3.01. The van der Waals surface area contributed by atoms with Crippen LogP contribution in [0.15, 0.2) is 36.7 Å². The molecule has 0 bridgehead atoms. The molecule has 104 valence electrons. The molecule has 0 spiro atoms. The zero-order valence-corrected chi connectivity index (χ0v) is 11.7. The fourth-order valence-electron chi connectivity index (χ4n) is 2.82. The summed E-state index contributed by atoms with van der Waals surface area (Å²) < 4.78 is 0. The lowest BCUT2D eigenvalue weighted by Gasteiger charge is -2.31. The van der Waals surface area contributed by atoms with Crippen LogP contribution in [-0.4, -0.2) is 33.9 Å². The van der Waals surface area contributed by atoms with Gasteiger partial charge in [-0.25, -0.2) is 4.98 Å². The second-order valence-corrected chi connectivity index (χ2v) is 5.41. The Hall–Kier alpha value is -2.10. The largest absolute Gasteiger partial charge is 0.348 e. The number of nitrogens with zero attached hydrogens (tertiary/aromatic N) is 2. The van der Waals surface area contributed by atoms with Crippen molar-refractivity contribution >= 4 is 5.91 Å². The number of nitrogens with one attached hydrogen (secondary N) is 1. The van der Waals surface area contributed by atoms with Gasteiger partial charge in [-0.15, -0.1) is 0 Å². The second-order valence-electron chi connectivity index (χ2n) is 5.41. The number of H-pyrrole nitrogens is 1. The first-order chi connectivity index (χ1) is 9.74. The van der Waals surface area contributed by atoms with Crippen molar-refractivity contribution in [2.45, 2.75) is 25.7 Å². The maximum atomic E-state index is 12.4. The molecule has 0 saturated carbocycles. The summed E-state index contributed by atoms with van der Waals surface area (Å²) in [6.45, 7) is 3.62. The Kier molecular flexibility index (Phi) is 3.54. The predicted octanol–water partition coefficient (Wildman–Crippen LogP) is 2.74. The number of carbonyl (C=O) groups is 1. The maximum absolute atomic E-state index is 12.4. The van der Waals surface area contributed by atoms with Crippen LogP contribution >= 0.6 is 0 Å². The summed E-state index contributed by atoms with van der Waals surface area (Å²) in [6, 6.07) is 7.81. The van der Waals surface area contributed by atoms with E-state index in [0.29, 0.717) is 5.92 Å². The van der Waals surface area contributed by atoms with Gasteiger partial charge in [0, 0.05) is 37.0 Å². The maximum Gasteiger partial charge on any atom is 0.253 e. The minimum atomic E-state index is 0.145. The van der Waals surface area contributed by atoms with Crippen LogP contribution in [0.5, 0.6) is 0 Å². The molecule has 1 aliphatic rings. The first-order valence-corrected chi connectivity index (χ1v) is 7.09. The molecule has 0 radical (unpaired) electrons. The Bertz CT molecular complexity index is 584. The second kappa shape index (κ2) is 5.49. The molecular weight excluding hydrogens is 250 g/mol. The van der Waals surface area contributed by atoms with Gasteiger partial charge in [-0.1, -0.05) is 17.7 Å². The number of aromatic nitrogens is 2. The molecule has 0 atom stereocenters. The third-order valence-electron chi connectivity index (χ3n) is 3.95. The molecular formula is C16H19N3O. The Morgan fingerprint density at radius 3 is 2.80 bits per heavy atom. The number of hydrogen-bond donors (Lipinski definition) is 1. The fourth-order valence-corrected chi connectivity index (χ4v) is 2.82. The molecule has 1 aliphatic heterocycles. The van der Waals surface area contributed by atoms with E-state index in [1.807, 2.05) is 42.3 Å². The van der Waals surface area contributed by atoms with Crippen molar-refractivity contribution in [2.24, 2.45) is 0 Å². The van der Waals surface area contributed by atoms with Gasteiger partial charge in [0.25, 0.3) is 5.91 Å². The molecule has 2 aromatic rings. The predicted molar refractivity (Wildman–Crippen MR) is 77.6 cm³/mol. The van der Waals surface area contributed by atoms with Gasteiger partial charge in [0.1, 0.15) is 5.82 Å². The van der Waals surface area contributed by atoms with Crippen LogP contribution in [0, 0.1) is 6.92 Å². The highest BCUT2D eigenvalue weighted by molar-refractivity contribution is 5.94. The first-order valence-electron chi connectivity index (χ1n) is 7.09. The fraction of sp³-hybridized carbons (Fsp3) is 0.375. The standard InChI is InChI=1S/C16H19N3O/c1-12-3-2-4-14(11-12)16(20)19-9-5-13(6-10-19)15-17-7-8-18-15/h2-4,7-8,11,13H,5-6,9-10H2,1H3,(H,17,18). The molecule has 2 heterocycles. The van der Waals surface area contributed by atoms with Crippen molar-refractivity contribution < 1.29 is 4.79 Å². The third kappa shape index (κ3) is 2.59. The molecule has 4 heteroatoms. The Balaban J connectivity index is 1.65. The Morgan fingerprint density at radius 2 is 2.15 bits per heavy atom. The van der Waals surface area contributed by atoms with Gasteiger partial charge in [0.15, 0.2) is 0 Å². The van der Waals surface area contributed by atoms with E-state index in [4.69, 9.17) is 0 Å². The molecule has 1 aromatic heterocycles. The van der Waals surface area contributed by atoms with Crippen LogP contribution in [0.4, 0.5) is 0 Å². The smallest absolute Gasteiger partial charge is 0.253 e. The average molecular weight is 269 g/mol. The molecule has 20 heavy (non-hydrogen) atoms. The van der Waals surface area contributed by atoms with E-state index in [0.717, 1.165) is 42.9 Å². The third-order valence-corrected chi connectivity index (χ3v) is 3.95. The molecule has 1 aromatic carbocycles. The lowest BCUT2D eigenvalue weighted by atomic mass is 9.95. The SMILES string of the molecule is Cc1cccc(C(=O)N2CCC(c3ncc[nH]3)CC2)c1. The van der Waals surface area contributed by atoms with Crippen molar-refractivity contribution in [1.82, 2.24) is 14.9 Å². The summed E-state index contributed by atoms with van der Waals surface area (Å²) in [4.78, 5) is 21.9. The summed E-state index contributed by atoms with van der Waals surface area (Å²) in [5, 5.41) is 0. The summed E-state index contributed by atoms with van der Waals surface area (Å²) in [5.74, 6) is 1.64. The minimum Gasteiger partial charge on any atom is -0.348 e. The highest BCUT2D eigenvalue weighted by atomic mass is 16.2. The lowest BCUT2D eigenvalue weighted by Crippen LogP contribution is -2.38. The highest BCUT2D eigenvalue weighted by Crippen LogP contribution is 2.26. The Morgan fingerprint density at radius 1 is 1.35 bits per heavy atom. The quantitative estimate of drug-likeness (QED) is 0.911. The van der Waals surface area contributed by atoms with Crippen LogP contribution in [0.2, 0.25) is 0 Å². The van der Waals surface area contributed by atoms with Gasteiger partial charge in [0.05, 0.1) is 0 Å². The van der Waals surface area contributed by atoms with Gasteiger partial charge in [0.2, 0.25) is 0 Å². The van der Waals surface area contributed by atoms with E-state index in [-0.39, 0.29) is 5.91 Å². The van der Waals surface area contributed by atoms with Crippen LogP contribution in [0.3, 0.4) is 0 Å². The lowest BCUT2D eigenvalue weighted by molar-refractivity contribution is 0.0711. The first kappa shape index (κ1) is 12.9. The van der Waals surface area contributed by atoms with Crippen molar-refractivity contribution in [3.8, 4) is 0 Å². The molecule has 4 nitrogen and oxygen atoms in total. The van der Waals surface area contributed by atoms with Gasteiger partial charge in [-0.05, 0) is 31.9 Å². The highest BCUT2D eigenvalue weighted by Gasteiger charge is 2.25. The van der Waals surface area contributed by atoms with E-state index in [1.165, 1.54) is 0 Å². The van der Waals surface area contributed by atoms with E-state index in [2.05, 4.69) is 9.97 Å². The minimum absolute atomic E-state index is 0.145. The van der Waals surface area contributed by atoms with Crippen molar-refractivity contribution in [3.05, 3.63) is 53.6 Å². The molecule has 1 saturated heterocycles. The monoisotopic (exact) mass is 269 g/mol. The number of amides is 1. The number of hydrogen-bond acceptors (Lipinski definition) is 2. The molecule has 1 amide bonds. The van der Waals surface area contributed by atoms with Crippen LogP contribution in [0.1, 0.15) is 40.5 Å². The number of aryl methyl sites for hydroxylation is 1. The van der Waals surface area contributed by atoms with Gasteiger partial charge < -0.3 is 9.88 Å². The number of rotatable bonds is 2. The number of imidazole rings is 1. The summed E-state index contributed by atoms with van der Waals surface area (Å²) in [5.41, 5.74) is 1.92. The summed E-state index contributed by atoms with van der Waals surface area (Å²) in [6.07, 6.45) is 5.61. The van der Waals surface area contributed by atoms with Gasteiger partial charge in [-0.3, -0.25) is 4.79 Å². The van der Waals surface area contributed by atoms with Crippen molar-refractivity contribution in [1.29, 1.82) is 0 Å². The number of likely N-dealkylation sites (tertiary alicyclic amines) is 1. The van der Waals surface area contributed by atoms with E-state index in [1.54, 1.807) is 6.20 Å². The van der Waals surface area contributed by atoms with Crippen LogP contribution in [0.25, 0.3) is 0 Å². The number of carbonyl (C=O) groups excluding carboxylic acids is 1. The zero-order chi connectivity index (χ0) is 13.9. The normalized spacial score (nSPS) is 16.4. The van der Waals surface area contributed by atoms with E-state index in [9.17, 15) is 4.79 Å². The van der Waals surface area contributed by atoms with Crippen molar-refractivity contribution in [2.75, 3.05) is 13.1 Å². The number of aromatic amines is 1. The molecule has 0 unspecified atom stereocenters. The summed E-state index contributed by atoms with van der Waals surface area (Å²) in [7, 11) is 0. The zero-order valence-electron chi connectivity index (χ0n) is 11.7. The molecule has 1 N–H and O–H groups in total. The van der Waals surface area contributed by atoms with Gasteiger partial charge >= 0.3 is 0 Å². The van der Waals surface area contributed by atoms with Gasteiger partial charge in [-0.2, -0.15) is 0 Å². The molecule has 0 aliphatic carbocycles. The number of benzene rings is 1.